The number of benzene rings is 1. The van der Waals surface area contributed by atoms with Crippen molar-refractivity contribution in [1.82, 2.24) is 0 Å². The Morgan fingerprint density at radius 3 is 1.65 bits per heavy atom. The van der Waals surface area contributed by atoms with Gasteiger partial charge in [-0.05, 0) is 18.6 Å². The Morgan fingerprint density at radius 1 is 0.731 bits per heavy atom. The molecule has 1 aromatic carbocycles. The van der Waals surface area contributed by atoms with E-state index in [4.69, 9.17) is 9.47 Å². The number of hydrogen-bond acceptors (Lipinski definition) is 9. The van der Waals surface area contributed by atoms with Gasteiger partial charge in [-0.15, -0.1) is 0 Å². The van der Waals surface area contributed by atoms with Crippen molar-refractivity contribution in [2.45, 2.75) is 13.5 Å². The van der Waals surface area contributed by atoms with Crippen molar-refractivity contribution in [3.63, 3.8) is 0 Å². The van der Waals surface area contributed by atoms with Crippen LogP contribution in [0.3, 0.4) is 0 Å². The molecule has 0 fully saturated rings. The van der Waals surface area contributed by atoms with E-state index in [9.17, 15) is 19.2 Å². The molecule has 0 aliphatic heterocycles. The van der Waals surface area contributed by atoms with Gasteiger partial charge < -0.3 is 23.7 Å². The molecule has 0 N–H and O–H groups in total. The maximum Gasteiger partial charge on any atom is 0.339 e. The van der Waals surface area contributed by atoms with E-state index in [2.05, 4.69) is 14.2 Å². The smallest absolute Gasteiger partial charge is 0.339 e. The molecule has 1 aromatic rings. The summed E-state index contributed by atoms with van der Waals surface area (Å²) in [6.07, 6.45) is 0. The predicted molar refractivity (Wildman–Crippen MR) is 87.1 cm³/mol. The molecule has 0 aliphatic rings. The Hall–Kier alpha value is -2.94. The SMILES string of the molecule is CCOCc1cc(C(=O)OC)c(C(=O)OC)c(C(=O)OC)c1C(=O)OC. The van der Waals surface area contributed by atoms with E-state index in [1.165, 1.54) is 6.07 Å². The molecule has 9 nitrogen and oxygen atoms in total. The van der Waals surface area contributed by atoms with Crippen molar-refractivity contribution in [3.8, 4) is 0 Å². The summed E-state index contributed by atoms with van der Waals surface area (Å²) in [7, 11) is 4.35. The van der Waals surface area contributed by atoms with Gasteiger partial charge in [0.25, 0.3) is 0 Å². The molecule has 0 heterocycles. The second kappa shape index (κ2) is 9.52. The molecule has 0 saturated carbocycles. The monoisotopic (exact) mass is 368 g/mol. The van der Waals surface area contributed by atoms with Gasteiger partial charge in [-0.1, -0.05) is 0 Å². The largest absolute Gasteiger partial charge is 0.465 e. The first kappa shape index (κ1) is 21.1. The van der Waals surface area contributed by atoms with E-state index in [-0.39, 0.29) is 23.3 Å². The van der Waals surface area contributed by atoms with Gasteiger partial charge in [0.1, 0.15) is 0 Å². The van der Waals surface area contributed by atoms with Gasteiger partial charge in [0.05, 0.1) is 57.3 Å². The van der Waals surface area contributed by atoms with Crippen LogP contribution in [-0.4, -0.2) is 58.9 Å². The van der Waals surface area contributed by atoms with Gasteiger partial charge in [-0.2, -0.15) is 0 Å². The molecule has 9 heteroatoms. The first-order valence-corrected chi connectivity index (χ1v) is 7.48. The van der Waals surface area contributed by atoms with Gasteiger partial charge >= 0.3 is 23.9 Å². The predicted octanol–water partition coefficient (Wildman–Crippen LogP) is 1.37. The second-order valence-electron chi connectivity index (χ2n) is 4.81. The van der Waals surface area contributed by atoms with E-state index in [0.29, 0.717) is 6.61 Å². The first-order chi connectivity index (χ1) is 12.4. The fraction of sp³-hybridized carbons (Fsp3) is 0.412. The van der Waals surface area contributed by atoms with Crippen molar-refractivity contribution < 1.29 is 42.9 Å². The van der Waals surface area contributed by atoms with Crippen molar-refractivity contribution in [2.24, 2.45) is 0 Å². The zero-order valence-corrected chi connectivity index (χ0v) is 15.2. The van der Waals surface area contributed by atoms with Crippen LogP contribution < -0.4 is 0 Å². The fourth-order valence-corrected chi connectivity index (χ4v) is 2.29. The summed E-state index contributed by atoms with van der Waals surface area (Å²) in [6, 6.07) is 1.23. The van der Waals surface area contributed by atoms with Crippen LogP contribution >= 0.6 is 0 Å². The number of rotatable bonds is 7. The van der Waals surface area contributed by atoms with Crippen molar-refractivity contribution in [2.75, 3.05) is 35.0 Å². The molecule has 0 radical (unpaired) electrons. The van der Waals surface area contributed by atoms with Crippen LogP contribution in [0.5, 0.6) is 0 Å². The summed E-state index contributed by atoms with van der Waals surface area (Å²) in [5, 5.41) is 0. The molecule has 0 aromatic heterocycles. The minimum Gasteiger partial charge on any atom is -0.465 e. The average molecular weight is 368 g/mol. The number of carbonyl (C=O) groups excluding carboxylic acids is 4. The molecule has 0 unspecified atom stereocenters. The van der Waals surface area contributed by atoms with Crippen molar-refractivity contribution >= 4 is 23.9 Å². The topological polar surface area (TPSA) is 114 Å². The molecule has 0 spiro atoms. The summed E-state index contributed by atoms with van der Waals surface area (Å²) < 4.78 is 24.0. The Bertz CT molecular complexity index is 721. The van der Waals surface area contributed by atoms with E-state index in [0.717, 1.165) is 28.4 Å². The number of carbonyl (C=O) groups is 4. The molecular formula is C17H20O9. The standard InChI is InChI=1S/C17H20O9/c1-6-26-8-9-7-10(14(18)22-2)12(16(20)24-4)13(17(21)25-5)11(9)15(19)23-3/h7H,6,8H2,1-5H3. The van der Waals surface area contributed by atoms with E-state index in [1.807, 2.05) is 0 Å². The van der Waals surface area contributed by atoms with Crippen LogP contribution in [0, 0.1) is 0 Å². The fourth-order valence-electron chi connectivity index (χ4n) is 2.29. The lowest BCUT2D eigenvalue weighted by molar-refractivity contribution is 0.0517. The molecule has 26 heavy (non-hydrogen) atoms. The molecule has 0 bridgehead atoms. The van der Waals surface area contributed by atoms with Gasteiger partial charge in [0.2, 0.25) is 0 Å². The Kier molecular flexibility index (Phi) is 7.73. The Morgan fingerprint density at radius 2 is 1.19 bits per heavy atom. The third-order valence-electron chi connectivity index (χ3n) is 3.44. The molecule has 1 rings (SSSR count). The molecular weight excluding hydrogens is 348 g/mol. The lowest BCUT2D eigenvalue weighted by atomic mass is 9.91. The van der Waals surface area contributed by atoms with Gasteiger partial charge in [0.15, 0.2) is 0 Å². The number of esters is 4. The van der Waals surface area contributed by atoms with E-state index in [1.54, 1.807) is 6.92 Å². The second-order valence-corrected chi connectivity index (χ2v) is 4.81. The van der Waals surface area contributed by atoms with Crippen LogP contribution in [0.1, 0.15) is 53.9 Å². The summed E-state index contributed by atoms with van der Waals surface area (Å²) >= 11 is 0. The maximum absolute atomic E-state index is 12.4. The summed E-state index contributed by atoms with van der Waals surface area (Å²) in [4.78, 5) is 49.1. The highest BCUT2D eigenvalue weighted by Gasteiger charge is 2.34. The zero-order valence-electron chi connectivity index (χ0n) is 15.2. The highest BCUT2D eigenvalue weighted by atomic mass is 16.5. The molecule has 142 valence electrons. The lowest BCUT2D eigenvalue weighted by Gasteiger charge is -2.18. The van der Waals surface area contributed by atoms with Crippen molar-refractivity contribution in [3.05, 3.63) is 33.9 Å². The molecule has 0 amide bonds. The molecule has 0 saturated heterocycles. The van der Waals surface area contributed by atoms with Crippen LogP contribution in [0.25, 0.3) is 0 Å². The van der Waals surface area contributed by atoms with Gasteiger partial charge in [-0.3, -0.25) is 0 Å². The summed E-state index contributed by atoms with van der Waals surface area (Å²) in [6.45, 7) is 1.92. The summed E-state index contributed by atoms with van der Waals surface area (Å²) in [5.41, 5.74) is -1.26. The average Bonchev–Trinajstić information content (AvgIpc) is 2.68. The normalized spacial score (nSPS) is 10.0. The quantitative estimate of drug-likeness (QED) is 0.520. The van der Waals surface area contributed by atoms with Crippen LogP contribution in [0.2, 0.25) is 0 Å². The van der Waals surface area contributed by atoms with Crippen LogP contribution in [0.4, 0.5) is 0 Å². The minimum absolute atomic E-state index is 0.115. The molecule has 0 aliphatic carbocycles. The zero-order chi connectivity index (χ0) is 19.9. The van der Waals surface area contributed by atoms with Crippen LogP contribution in [-0.2, 0) is 30.3 Å². The Labute approximate surface area is 150 Å². The summed E-state index contributed by atoms with van der Waals surface area (Å²) in [5.74, 6) is -3.83. The third-order valence-corrected chi connectivity index (χ3v) is 3.44. The van der Waals surface area contributed by atoms with Gasteiger partial charge in [0, 0.05) is 6.61 Å². The first-order valence-electron chi connectivity index (χ1n) is 7.48. The van der Waals surface area contributed by atoms with E-state index >= 15 is 0 Å². The number of hydrogen-bond donors (Lipinski definition) is 0. The van der Waals surface area contributed by atoms with Gasteiger partial charge in [-0.25, -0.2) is 19.2 Å². The lowest BCUT2D eigenvalue weighted by Crippen LogP contribution is -2.24. The maximum atomic E-state index is 12.4. The van der Waals surface area contributed by atoms with Crippen molar-refractivity contribution in [1.29, 1.82) is 0 Å². The molecule has 0 atom stereocenters. The highest BCUT2D eigenvalue weighted by molar-refractivity contribution is 6.15. The third kappa shape index (κ3) is 4.17. The van der Waals surface area contributed by atoms with E-state index < -0.39 is 35.0 Å². The highest BCUT2D eigenvalue weighted by Crippen LogP contribution is 2.28. The number of methoxy groups -OCH3 is 4. The Balaban J connectivity index is 4.01. The number of ether oxygens (including phenoxy) is 5. The minimum atomic E-state index is -1.02. The van der Waals surface area contributed by atoms with Crippen LogP contribution in [0.15, 0.2) is 6.07 Å².